The zero-order valence-corrected chi connectivity index (χ0v) is 12.2. The predicted octanol–water partition coefficient (Wildman–Crippen LogP) is 1.75. The first-order chi connectivity index (χ1) is 9.51. The molecule has 5 nitrogen and oxygen atoms in total. The van der Waals surface area contributed by atoms with Gasteiger partial charge in [0.15, 0.2) is 6.61 Å². The van der Waals surface area contributed by atoms with Crippen molar-refractivity contribution in [2.75, 3.05) is 19.8 Å². The minimum absolute atomic E-state index is 0.0638. The van der Waals surface area contributed by atoms with E-state index in [-0.39, 0.29) is 31.4 Å². The number of carbonyl (C=O) groups is 2. The van der Waals surface area contributed by atoms with Crippen molar-refractivity contribution in [1.29, 1.82) is 0 Å². The summed E-state index contributed by atoms with van der Waals surface area (Å²) in [5, 5.41) is 2.61. The maximum Gasteiger partial charge on any atom is 0.307 e. The molecule has 0 aliphatic rings. The van der Waals surface area contributed by atoms with Crippen molar-refractivity contribution in [2.24, 2.45) is 0 Å². The Labute approximate surface area is 119 Å². The predicted molar refractivity (Wildman–Crippen MR) is 75.7 cm³/mol. The van der Waals surface area contributed by atoms with E-state index < -0.39 is 0 Å². The highest BCUT2D eigenvalue weighted by Crippen LogP contribution is 2.15. The van der Waals surface area contributed by atoms with Crippen molar-refractivity contribution in [3.63, 3.8) is 0 Å². The fraction of sp³-hybridized carbons (Fsp3) is 0.467. The minimum Gasteiger partial charge on any atom is -0.484 e. The van der Waals surface area contributed by atoms with Crippen molar-refractivity contribution in [3.05, 3.63) is 29.3 Å². The van der Waals surface area contributed by atoms with Crippen LogP contribution in [0, 0.1) is 13.8 Å². The van der Waals surface area contributed by atoms with Crippen LogP contribution >= 0.6 is 0 Å². The first kappa shape index (κ1) is 16.0. The molecule has 1 N–H and O–H groups in total. The van der Waals surface area contributed by atoms with Crippen molar-refractivity contribution >= 4 is 11.9 Å². The van der Waals surface area contributed by atoms with Crippen LogP contribution in [-0.4, -0.2) is 31.6 Å². The molecular weight excluding hydrogens is 258 g/mol. The third kappa shape index (κ3) is 6.22. The highest BCUT2D eigenvalue weighted by Gasteiger charge is 2.06. The van der Waals surface area contributed by atoms with Gasteiger partial charge in [0.25, 0.3) is 5.91 Å². The highest BCUT2D eigenvalue weighted by molar-refractivity contribution is 5.78. The smallest absolute Gasteiger partial charge is 0.307 e. The number of hydrogen-bond acceptors (Lipinski definition) is 4. The summed E-state index contributed by atoms with van der Waals surface area (Å²) in [6.07, 6.45) is 0.170. The number of esters is 1. The van der Waals surface area contributed by atoms with Crippen LogP contribution in [0.1, 0.15) is 24.5 Å². The Morgan fingerprint density at radius 1 is 1.15 bits per heavy atom. The van der Waals surface area contributed by atoms with Crippen LogP contribution in [0.4, 0.5) is 0 Å². The summed E-state index contributed by atoms with van der Waals surface area (Å²) in [5.74, 6) is 0.0968. The van der Waals surface area contributed by atoms with Crippen molar-refractivity contribution in [3.8, 4) is 5.75 Å². The molecule has 0 saturated heterocycles. The molecule has 20 heavy (non-hydrogen) atoms. The van der Waals surface area contributed by atoms with Crippen LogP contribution in [0.15, 0.2) is 18.2 Å². The largest absolute Gasteiger partial charge is 0.484 e. The molecule has 0 aromatic heterocycles. The van der Waals surface area contributed by atoms with Crippen LogP contribution in [0.25, 0.3) is 0 Å². The first-order valence-corrected chi connectivity index (χ1v) is 6.64. The molecular formula is C15H21NO4. The highest BCUT2D eigenvalue weighted by atomic mass is 16.5. The van der Waals surface area contributed by atoms with E-state index in [0.29, 0.717) is 12.4 Å². The van der Waals surface area contributed by atoms with E-state index in [4.69, 9.17) is 9.47 Å². The minimum atomic E-state index is -0.317. The Morgan fingerprint density at radius 3 is 2.40 bits per heavy atom. The van der Waals surface area contributed by atoms with E-state index in [1.54, 1.807) is 6.92 Å². The summed E-state index contributed by atoms with van der Waals surface area (Å²) in [7, 11) is 0. The summed E-state index contributed by atoms with van der Waals surface area (Å²) < 4.78 is 10.2. The van der Waals surface area contributed by atoms with Gasteiger partial charge in [0, 0.05) is 6.54 Å². The van der Waals surface area contributed by atoms with E-state index >= 15 is 0 Å². The van der Waals surface area contributed by atoms with Gasteiger partial charge < -0.3 is 14.8 Å². The van der Waals surface area contributed by atoms with Crippen LogP contribution in [0.5, 0.6) is 5.75 Å². The monoisotopic (exact) mass is 279 g/mol. The number of nitrogens with one attached hydrogen (secondary N) is 1. The zero-order chi connectivity index (χ0) is 15.0. The van der Waals surface area contributed by atoms with Crippen LogP contribution in [0.3, 0.4) is 0 Å². The molecule has 0 spiro atoms. The number of amides is 1. The molecule has 0 heterocycles. The van der Waals surface area contributed by atoms with Gasteiger partial charge in [-0.15, -0.1) is 0 Å². The van der Waals surface area contributed by atoms with Gasteiger partial charge in [0.1, 0.15) is 5.75 Å². The summed E-state index contributed by atoms with van der Waals surface area (Å²) in [5.41, 5.74) is 2.17. The summed E-state index contributed by atoms with van der Waals surface area (Å²) in [6, 6.07) is 5.78. The van der Waals surface area contributed by atoms with Crippen molar-refractivity contribution < 1.29 is 19.1 Å². The van der Waals surface area contributed by atoms with Crippen LogP contribution in [0.2, 0.25) is 0 Å². The molecule has 5 heteroatoms. The quantitative estimate of drug-likeness (QED) is 0.772. The molecule has 0 aliphatic carbocycles. The lowest BCUT2D eigenvalue weighted by Gasteiger charge is -2.09. The van der Waals surface area contributed by atoms with Gasteiger partial charge in [-0.2, -0.15) is 0 Å². The fourth-order valence-electron chi connectivity index (χ4n) is 1.75. The molecule has 0 atom stereocenters. The first-order valence-electron chi connectivity index (χ1n) is 6.64. The standard InChI is InChI=1S/C15H21NO4/c1-4-19-15(18)5-6-16-14(17)10-20-13-8-11(2)7-12(3)9-13/h7-9H,4-6,10H2,1-3H3,(H,16,17). The van der Waals surface area contributed by atoms with E-state index in [1.165, 1.54) is 0 Å². The van der Waals surface area contributed by atoms with Gasteiger partial charge in [-0.05, 0) is 44.0 Å². The molecule has 1 aromatic rings. The average Bonchev–Trinajstić information content (AvgIpc) is 2.35. The number of hydrogen-bond donors (Lipinski definition) is 1. The van der Waals surface area contributed by atoms with Crippen LogP contribution in [-0.2, 0) is 14.3 Å². The van der Waals surface area contributed by atoms with Crippen molar-refractivity contribution in [2.45, 2.75) is 27.2 Å². The second-order valence-corrected chi connectivity index (χ2v) is 4.52. The zero-order valence-electron chi connectivity index (χ0n) is 12.2. The summed E-state index contributed by atoms with van der Waals surface area (Å²) >= 11 is 0. The Hall–Kier alpha value is -2.04. The molecule has 0 fully saturated rings. The van der Waals surface area contributed by atoms with E-state index in [2.05, 4.69) is 5.32 Å². The second kappa shape index (κ2) is 8.19. The Kier molecular flexibility index (Phi) is 6.56. The number of aryl methyl sites for hydroxylation is 2. The van der Waals surface area contributed by atoms with Gasteiger partial charge in [0.05, 0.1) is 13.0 Å². The normalized spacial score (nSPS) is 9.95. The van der Waals surface area contributed by atoms with Gasteiger partial charge in [-0.3, -0.25) is 9.59 Å². The van der Waals surface area contributed by atoms with E-state index in [9.17, 15) is 9.59 Å². The van der Waals surface area contributed by atoms with Gasteiger partial charge in [-0.25, -0.2) is 0 Å². The number of benzene rings is 1. The van der Waals surface area contributed by atoms with Crippen molar-refractivity contribution in [1.82, 2.24) is 5.32 Å². The maximum absolute atomic E-state index is 11.5. The lowest BCUT2D eigenvalue weighted by atomic mass is 10.1. The summed E-state index contributed by atoms with van der Waals surface area (Å²) in [4.78, 5) is 22.6. The molecule has 1 amide bonds. The topological polar surface area (TPSA) is 64.6 Å². The lowest BCUT2D eigenvalue weighted by molar-refractivity contribution is -0.143. The van der Waals surface area contributed by atoms with Gasteiger partial charge in [0.2, 0.25) is 0 Å². The number of ether oxygens (including phenoxy) is 2. The maximum atomic E-state index is 11.5. The molecule has 0 saturated carbocycles. The number of rotatable bonds is 7. The second-order valence-electron chi connectivity index (χ2n) is 4.52. The average molecular weight is 279 g/mol. The molecule has 0 bridgehead atoms. The molecule has 0 aliphatic heterocycles. The molecule has 1 aromatic carbocycles. The lowest BCUT2D eigenvalue weighted by Crippen LogP contribution is -2.31. The molecule has 0 unspecified atom stereocenters. The Bertz CT molecular complexity index is 451. The Balaban J connectivity index is 2.27. The summed E-state index contributed by atoms with van der Waals surface area (Å²) in [6.45, 7) is 6.23. The van der Waals surface area contributed by atoms with Gasteiger partial charge in [-0.1, -0.05) is 6.07 Å². The van der Waals surface area contributed by atoms with E-state index in [1.807, 2.05) is 32.0 Å². The molecule has 0 radical (unpaired) electrons. The third-order valence-electron chi connectivity index (χ3n) is 2.52. The van der Waals surface area contributed by atoms with Crippen LogP contribution < -0.4 is 10.1 Å². The third-order valence-corrected chi connectivity index (χ3v) is 2.52. The van der Waals surface area contributed by atoms with Gasteiger partial charge >= 0.3 is 5.97 Å². The number of carbonyl (C=O) groups excluding carboxylic acids is 2. The Morgan fingerprint density at radius 2 is 1.80 bits per heavy atom. The SMILES string of the molecule is CCOC(=O)CCNC(=O)COc1cc(C)cc(C)c1. The van der Waals surface area contributed by atoms with E-state index in [0.717, 1.165) is 11.1 Å². The molecule has 1 rings (SSSR count). The fourth-order valence-corrected chi connectivity index (χ4v) is 1.75. The molecule has 110 valence electrons.